The van der Waals surface area contributed by atoms with Crippen LogP contribution in [0.4, 0.5) is 0 Å². The van der Waals surface area contributed by atoms with Gasteiger partial charge in [-0.1, -0.05) is 26.0 Å². The number of aromatic amines is 1. The molecule has 0 saturated carbocycles. The van der Waals surface area contributed by atoms with E-state index in [0.29, 0.717) is 11.8 Å². The third-order valence-corrected chi connectivity index (χ3v) is 5.49. The van der Waals surface area contributed by atoms with E-state index in [1.165, 1.54) is 26.6 Å². The predicted molar refractivity (Wildman–Crippen MR) is 84.0 cm³/mol. The van der Waals surface area contributed by atoms with E-state index in [0.717, 1.165) is 0 Å². The Morgan fingerprint density at radius 2 is 2.11 bits per heavy atom. The SMILES string of the molecule is CC1(C)c2c([nH]c3ccc(I)cc23)C2C=CC1C2. The van der Waals surface area contributed by atoms with Gasteiger partial charge in [0, 0.05) is 26.1 Å². The second-order valence-electron chi connectivity index (χ2n) is 6.16. The summed E-state index contributed by atoms with van der Waals surface area (Å²) >= 11 is 2.41. The molecule has 2 heteroatoms. The van der Waals surface area contributed by atoms with E-state index in [4.69, 9.17) is 0 Å². The lowest BCUT2D eigenvalue weighted by Gasteiger charge is -2.37. The molecule has 0 amide bonds. The minimum atomic E-state index is 0.252. The van der Waals surface area contributed by atoms with Crippen LogP contribution in [0.2, 0.25) is 0 Å². The van der Waals surface area contributed by atoms with Gasteiger partial charge in [-0.05, 0) is 64.1 Å². The Bertz CT molecular complexity index is 678. The van der Waals surface area contributed by atoms with Gasteiger partial charge in [-0.3, -0.25) is 0 Å². The third kappa shape index (κ3) is 1.27. The molecule has 1 aromatic heterocycles. The molecule has 1 heterocycles. The number of rotatable bonds is 0. The molecular weight excluding hydrogens is 333 g/mol. The van der Waals surface area contributed by atoms with Crippen molar-refractivity contribution in [2.75, 3.05) is 0 Å². The molecule has 2 aromatic rings. The van der Waals surface area contributed by atoms with Crippen molar-refractivity contribution in [3.63, 3.8) is 0 Å². The highest BCUT2D eigenvalue weighted by Crippen LogP contribution is 2.53. The van der Waals surface area contributed by atoms with E-state index < -0.39 is 0 Å². The summed E-state index contributed by atoms with van der Waals surface area (Å²) in [5, 5.41) is 1.43. The van der Waals surface area contributed by atoms with Gasteiger partial charge in [-0.2, -0.15) is 0 Å². The molecule has 0 fully saturated rings. The zero-order valence-electron chi connectivity index (χ0n) is 10.6. The van der Waals surface area contributed by atoms with Gasteiger partial charge in [-0.15, -0.1) is 0 Å². The van der Waals surface area contributed by atoms with Crippen molar-refractivity contribution in [2.45, 2.75) is 31.6 Å². The fraction of sp³-hybridized carbons (Fsp3) is 0.375. The molecule has 2 aliphatic carbocycles. The van der Waals surface area contributed by atoms with Crippen LogP contribution in [0, 0.1) is 9.49 Å². The number of nitrogens with one attached hydrogen (secondary N) is 1. The van der Waals surface area contributed by atoms with Gasteiger partial charge in [0.05, 0.1) is 0 Å². The van der Waals surface area contributed by atoms with Crippen LogP contribution in [0.1, 0.15) is 37.4 Å². The van der Waals surface area contributed by atoms with Gasteiger partial charge in [0.1, 0.15) is 0 Å². The maximum atomic E-state index is 3.67. The number of aromatic nitrogens is 1. The van der Waals surface area contributed by atoms with Gasteiger partial charge in [0.2, 0.25) is 0 Å². The third-order valence-electron chi connectivity index (χ3n) is 4.82. The monoisotopic (exact) mass is 349 g/mol. The first-order valence-electron chi connectivity index (χ1n) is 6.57. The summed E-state index contributed by atoms with van der Waals surface area (Å²) in [4.78, 5) is 3.67. The molecule has 1 aromatic carbocycles. The minimum absolute atomic E-state index is 0.252. The number of allylic oxidation sites excluding steroid dienone is 2. The lowest BCUT2D eigenvalue weighted by atomic mass is 9.67. The van der Waals surface area contributed by atoms with Gasteiger partial charge < -0.3 is 4.98 Å². The van der Waals surface area contributed by atoms with Crippen LogP contribution in [0.15, 0.2) is 30.4 Å². The van der Waals surface area contributed by atoms with Crippen LogP contribution in [0.3, 0.4) is 0 Å². The summed E-state index contributed by atoms with van der Waals surface area (Å²) in [6, 6.07) is 6.74. The van der Waals surface area contributed by atoms with Crippen molar-refractivity contribution in [1.82, 2.24) is 4.98 Å². The largest absolute Gasteiger partial charge is 0.358 e. The van der Waals surface area contributed by atoms with Crippen LogP contribution in [0.25, 0.3) is 10.9 Å². The molecule has 1 N–H and O–H groups in total. The number of hydrogen-bond acceptors (Lipinski definition) is 0. The summed E-state index contributed by atoms with van der Waals surface area (Å²) in [7, 11) is 0. The quantitative estimate of drug-likeness (QED) is 0.523. The van der Waals surface area contributed by atoms with Crippen molar-refractivity contribution in [3.05, 3.63) is 45.2 Å². The van der Waals surface area contributed by atoms with Crippen LogP contribution in [-0.4, -0.2) is 4.98 Å². The molecule has 2 unspecified atom stereocenters. The van der Waals surface area contributed by atoms with E-state index in [9.17, 15) is 0 Å². The van der Waals surface area contributed by atoms with Gasteiger partial charge >= 0.3 is 0 Å². The van der Waals surface area contributed by atoms with Gasteiger partial charge in [-0.25, -0.2) is 0 Å². The summed E-state index contributed by atoms with van der Waals surface area (Å²) in [6.45, 7) is 4.80. The smallest absolute Gasteiger partial charge is 0.0460 e. The first-order valence-corrected chi connectivity index (χ1v) is 7.65. The first-order chi connectivity index (χ1) is 8.57. The fourth-order valence-corrected chi connectivity index (χ4v) is 4.28. The normalized spacial score (nSPS) is 27.7. The minimum Gasteiger partial charge on any atom is -0.358 e. The Morgan fingerprint density at radius 3 is 2.94 bits per heavy atom. The van der Waals surface area contributed by atoms with Crippen molar-refractivity contribution < 1.29 is 0 Å². The van der Waals surface area contributed by atoms with Crippen LogP contribution in [0.5, 0.6) is 0 Å². The molecule has 0 aliphatic heterocycles. The zero-order chi connectivity index (χ0) is 12.5. The van der Waals surface area contributed by atoms with Gasteiger partial charge in [0.25, 0.3) is 0 Å². The molecular formula is C16H16IN. The summed E-state index contributed by atoms with van der Waals surface area (Å²) in [5.74, 6) is 1.31. The molecule has 0 spiro atoms. The molecule has 92 valence electrons. The number of fused-ring (bicyclic) bond motifs is 6. The second-order valence-corrected chi connectivity index (χ2v) is 7.40. The molecule has 1 nitrogen and oxygen atoms in total. The average Bonchev–Trinajstić information content (AvgIpc) is 2.89. The Morgan fingerprint density at radius 1 is 1.28 bits per heavy atom. The van der Waals surface area contributed by atoms with Crippen LogP contribution < -0.4 is 0 Å². The lowest BCUT2D eigenvalue weighted by molar-refractivity contribution is 0.343. The molecule has 0 saturated heterocycles. The second kappa shape index (κ2) is 3.41. The highest BCUT2D eigenvalue weighted by molar-refractivity contribution is 14.1. The summed E-state index contributed by atoms with van der Waals surface area (Å²) in [6.07, 6.45) is 6.11. The number of halogens is 1. The summed E-state index contributed by atoms with van der Waals surface area (Å²) in [5.41, 5.74) is 4.57. The zero-order valence-corrected chi connectivity index (χ0v) is 12.8. The van der Waals surface area contributed by atoms with E-state index in [1.54, 1.807) is 5.56 Å². The molecule has 4 rings (SSSR count). The molecule has 2 bridgehead atoms. The Balaban J connectivity index is 2.12. The average molecular weight is 349 g/mol. The number of hydrogen-bond donors (Lipinski definition) is 1. The van der Waals surface area contributed by atoms with E-state index >= 15 is 0 Å². The molecule has 18 heavy (non-hydrogen) atoms. The van der Waals surface area contributed by atoms with Crippen molar-refractivity contribution in [1.29, 1.82) is 0 Å². The van der Waals surface area contributed by atoms with Gasteiger partial charge in [0.15, 0.2) is 0 Å². The maximum absolute atomic E-state index is 3.67. The predicted octanol–water partition coefficient (Wildman–Crippen LogP) is 4.72. The van der Waals surface area contributed by atoms with E-state index in [-0.39, 0.29) is 5.41 Å². The van der Waals surface area contributed by atoms with E-state index in [2.05, 4.69) is 71.8 Å². The van der Waals surface area contributed by atoms with Crippen molar-refractivity contribution in [2.24, 2.45) is 5.92 Å². The fourth-order valence-electron chi connectivity index (χ4n) is 3.79. The van der Waals surface area contributed by atoms with Crippen molar-refractivity contribution in [3.8, 4) is 0 Å². The van der Waals surface area contributed by atoms with Crippen LogP contribution >= 0.6 is 22.6 Å². The Kier molecular flexibility index (Phi) is 2.10. The van der Waals surface area contributed by atoms with Crippen molar-refractivity contribution >= 4 is 33.5 Å². The number of H-pyrrole nitrogens is 1. The van der Waals surface area contributed by atoms with Crippen LogP contribution in [-0.2, 0) is 5.41 Å². The van der Waals surface area contributed by atoms with E-state index in [1.807, 2.05) is 0 Å². The molecule has 0 radical (unpaired) electrons. The highest BCUT2D eigenvalue weighted by Gasteiger charge is 2.43. The molecule has 2 aliphatic rings. The summed E-state index contributed by atoms with van der Waals surface area (Å²) < 4.78 is 1.32. The topological polar surface area (TPSA) is 15.8 Å². The Labute approximate surface area is 121 Å². The lowest BCUT2D eigenvalue weighted by Crippen LogP contribution is -2.31. The number of benzene rings is 1. The highest BCUT2D eigenvalue weighted by atomic mass is 127. The maximum Gasteiger partial charge on any atom is 0.0460 e. The standard InChI is InChI=1S/C16H16IN/c1-16(2)10-4-3-9(7-10)15-14(16)12-8-11(17)5-6-13(12)18-15/h3-6,8-10,18H,7H2,1-2H3. The first kappa shape index (κ1) is 11.1. The Hall–Kier alpha value is -0.770. The molecule has 2 atom stereocenters.